The summed E-state index contributed by atoms with van der Waals surface area (Å²) >= 11 is 0. The van der Waals surface area contributed by atoms with Crippen molar-refractivity contribution in [2.45, 2.75) is 20.0 Å². The van der Waals surface area contributed by atoms with Crippen molar-refractivity contribution in [3.8, 4) is 5.75 Å². The molecule has 0 bridgehead atoms. The quantitative estimate of drug-likeness (QED) is 0.896. The summed E-state index contributed by atoms with van der Waals surface area (Å²) in [6.07, 6.45) is -0.509. The number of aliphatic hydroxyl groups is 1. The van der Waals surface area contributed by atoms with E-state index in [9.17, 15) is 5.11 Å². The van der Waals surface area contributed by atoms with Gasteiger partial charge < -0.3 is 14.7 Å². The van der Waals surface area contributed by atoms with Crippen LogP contribution in [0.4, 0.5) is 5.82 Å². The average Bonchev–Trinajstić information content (AvgIpc) is 2.61. The van der Waals surface area contributed by atoms with Crippen LogP contribution in [-0.2, 0) is 0 Å². The Balaban J connectivity index is 1.57. The Hall–Kier alpha value is -2.18. The van der Waals surface area contributed by atoms with E-state index in [0.717, 1.165) is 54.8 Å². The van der Waals surface area contributed by atoms with E-state index < -0.39 is 6.10 Å². The zero-order chi connectivity index (χ0) is 17.8. The number of β-amino-alcohol motifs (C(OH)–C–C–N with tert-alkyl or cyclic N) is 1. The van der Waals surface area contributed by atoms with Crippen LogP contribution in [0.25, 0.3) is 0 Å². The molecule has 6 heteroatoms. The molecule has 1 aliphatic rings. The molecule has 0 spiro atoms. The van der Waals surface area contributed by atoms with Gasteiger partial charge >= 0.3 is 0 Å². The van der Waals surface area contributed by atoms with Crippen LogP contribution in [0.2, 0.25) is 0 Å². The Labute approximate surface area is 149 Å². The zero-order valence-corrected chi connectivity index (χ0v) is 15.1. The third-order valence-corrected chi connectivity index (χ3v) is 4.56. The number of hydrogen-bond donors (Lipinski definition) is 1. The van der Waals surface area contributed by atoms with Crippen molar-refractivity contribution >= 4 is 5.82 Å². The monoisotopic (exact) mass is 342 g/mol. The van der Waals surface area contributed by atoms with Crippen molar-refractivity contribution in [1.29, 1.82) is 0 Å². The molecule has 1 aromatic carbocycles. The summed E-state index contributed by atoms with van der Waals surface area (Å²) in [5, 5.41) is 10.5. The van der Waals surface area contributed by atoms with Crippen LogP contribution >= 0.6 is 0 Å². The number of nitrogens with zero attached hydrogens (tertiary/aromatic N) is 4. The highest BCUT2D eigenvalue weighted by Gasteiger charge is 2.21. The number of anilines is 1. The predicted octanol–water partition coefficient (Wildman–Crippen LogP) is 1.96. The van der Waals surface area contributed by atoms with Crippen molar-refractivity contribution in [3.05, 3.63) is 47.4 Å². The molecule has 0 saturated carbocycles. The smallest absolute Gasteiger partial charge is 0.132 e. The summed E-state index contributed by atoms with van der Waals surface area (Å²) in [4.78, 5) is 13.5. The van der Waals surface area contributed by atoms with Crippen LogP contribution in [0.3, 0.4) is 0 Å². The summed E-state index contributed by atoms with van der Waals surface area (Å²) in [6, 6.07) is 9.67. The minimum absolute atomic E-state index is 0.509. The number of aliphatic hydroxyl groups excluding tert-OH is 1. The van der Waals surface area contributed by atoms with E-state index in [1.54, 1.807) is 7.11 Å². The number of piperazine rings is 1. The number of methoxy groups -OCH3 is 1. The van der Waals surface area contributed by atoms with Gasteiger partial charge in [0.05, 0.1) is 13.2 Å². The predicted molar refractivity (Wildman–Crippen MR) is 98.1 cm³/mol. The first kappa shape index (κ1) is 17.6. The lowest BCUT2D eigenvalue weighted by atomic mass is 10.1. The molecule has 25 heavy (non-hydrogen) atoms. The van der Waals surface area contributed by atoms with Gasteiger partial charge in [-0.25, -0.2) is 9.97 Å². The van der Waals surface area contributed by atoms with Crippen LogP contribution in [0, 0.1) is 13.8 Å². The largest absolute Gasteiger partial charge is 0.497 e. The van der Waals surface area contributed by atoms with Crippen LogP contribution in [0.15, 0.2) is 30.3 Å². The van der Waals surface area contributed by atoms with E-state index in [-0.39, 0.29) is 0 Å². The first-order chi connectivity index (χ1) is 12.0. The lowest BCUT2D eigenvalue weighted by molar-refractivity contribution is 0.109. The number of aromatic nitrogens is 2. The van der Waals surface area contributed by atoms with Crippen molar-refractivity contribution in [2.75, 3.05) is 44.7 Å². The topological polar surface area (TPSA) is 61.7 Å². The molecule has 1 atom stereocenters. The summed E-state index contributed by atoms with van der Waals surface area (Å²) in [5.41, 5.74) is 1.89. The van der Waals surface area contributed by atoms with E-state index in [1.807, 2.05) is 44.2 Å². The Morgan fingerprint density at radius 2 is 1.88 bits per heavy atom. The van der Waals surface area contributed by atoms with Gasteiger partial charge in [-0.15, -0.1) is 0 Å². The number of benzene rings is 1. The highest BCUT2D eigenvalue weighted by molar-refractivity contribution is 5.40. The number of hydrogen-bond acceptors (Lipinski definition) is 6. The first-order valence-corrected chi connectivity index (χ1v) is 8.67. The number of rotatable bonds is 5. The molecule has 1 aliphatic heterocycles. The van der Waals surface area contributed by atoms with Gasteiger partial charge in [0, 0.05) is 44.5 Å². The Bertz CT molecular complexity index is 694. The molecular formula is C19H26N4O2. The lowest BCUT2D eigenvalue weighted by Gasteiger charge is -2.36. The van der Waals surface area contributed by atoms with E-state index in [4.69, 9.17) is 4.74 Å². The lowest BCUT2D eigenvalue weighted by Crippen LogP contribution is -2.47. The molecular weight excluding hydrogens is 316 g/mol. The maximum absolute atomic E-state index is 10.5. The molecule has 1 N–H and O–H groups in total. The van der Waals surface area contributed by atoms with Crippen molar-refractivity contribution in [3.63, 3.8) is 0 Å². The van der Waals surface area contributed by atoms with Gasteiger partial charge in [0.1, 0.15) is 17.4 Å². The average molecular weight is 342 g/mol. The highest BCUT2D eigenvalue weighted by atomic mass is 16.5. The first-order valence-electron chi connectivity index (χ1n) is 8.67. The molecule has 0 radical (unpaired) electrons. The van der Waals surface area contributed by atoms with Gasteiger partial charge in [-0.05, 0) is 31.5 Å². The van der Waals surface area contributed by atoms with Gasteiger partial charge in [-0.2, -0.15) is 0 Å². The van der Waals surface area contributed by atoms with Gasteiger partial charge in [0.15, 0.2) is 0 Å². The van der Waals surface area contributed by atoms with Crippen molar-refractivity contribution in [2.24, 2.45) is 0 Å². The molecule has 2 aromatic rings. The molecule has 2 heterocycles. The van der Waals surface area contributed by atoms with Gasteiger partial charge in [0.25, 0.3) is 0 Å². The van der Waals surface area contributed by atoms with E-state index in [1.165, 1.54) is 0 Å². The summed E-state index contributed by atoms with van der Waals surface area (Å²) in [6.45, 7) is 8.17. The molecule has 134 valence electrons. The summed E-state index contributed by atoms with van der Waals surface area (Å²) in [5.74, 6) is 2.58. The van der Waals surface area contributed by atoms with E-state index >= 15 is 0 Å². The second-order valence-electron chi connectivity index (χ2n) is 6.49. The maximum Gasteiger partial charge on any atom is 0.132 e. The third kappa shape index (κ3) is 4.46. The van der Waals surface area contributed by atoms with E-state index in [0.29, 0.717) is 6.54 Å². The standard InChI is InChI=1S/C19H26N4O2/c1-14-11-19(21-15(2)20-14)23-9-7-22(8-10-23)13-18(24)16-5-4-6-17(12-16)25-3/h4-6,11-12,18,24H,7-10,13H2,1-3H3/t18-/m1/s1. The minimum atomic E-state index is -0.509. The van der Waals surface area contributed by atoms with Crippen LogP contribution in [-0.4, -0.2) is 59.8 Å². The second-order valence-corrected chi connectivity index (χ2v) is 6.49. The second kappa shape index (κ2) is 7.80. The van der Waals surface area contributed by atoms with Gasteiger partial charge in [-0.1, -0.05) is 12.1 Å². The van der Waals surface area contributed by atoms with E-state index in [2.05, 4.69) is 19.8 Å². The molecule has 0 amide bonds. The summed E-state index contributed by atoms with van der Waals surface area (Å²) < 4.78 is 5.23. The molecule has 3 rings (SSSR count). The van der Waals surface area contributed by atoms with Crippen molar-refractivity contribution in [1.82, 2.24) is 14.9 Å². The molecule has 0 aliphatic carbocycles. The normalized spacial score (nSPS) is 16.7. The number of ether oxygens (including phenoxy) is 1. The molecule has 1 saturated heterocycles. The maximum atomic E-state index is 10.5. The minimum Gasteiger partial charge on any atom is -0.497 e. The Kier molecular flexibility index (Phi) is 5.50. The summed E-state index contributed by atoms with van der Waals surface area (Å²) in [7, 11) is 1.64. The van der Waals surface area contributed by atoms with Crippen LogP contribution in [0.5, 0.6) is 5.75 Å². The van der Waals surface area contributed by atoms with Crippen LogP contribution in [0.1, 0.15) is 23.2 Å². The Morgan fingerprint density at radius 3 is 2.56 bits per heavy atom. The molecule has 0 unspecified atom stereocenters. The number of aryl methyl sites for hydroxylation is 2. The fraction of sp³-hybridized carbons (Fsp3) is 0.474. The molecule has 1 fully saturated rings. The molecule has 6 nitrogen and oxygen atoms in total. The van der Waals surface area contributed by atoms with Crippen LogP contribution < -0.4 is 9.64 Å². The highest BCUT2D eigenvalue weighted by Crippen LogP contribution is 2.21. The fourth-order valence-electron chi connectivity index (χ4n) is 3.22. The molecule has 1 aromatic heterocycles. The SMILES string of the molecule is COc1cccc([C@H](O)CN2CCN(c3cc(C)nc(C)n3)CC2)c1. The van der Waals surface area contributed by atoms with Crippen molar-refractivity contribution < 1.29 is 9.84 Å². The fourth-order valence-corrected chi connectivity index (χ4v) is 3.22. The van der Waals surface area contributed by atoms with Gasteiger partial charge in [0.2, 0.25) is 0 Å². The zero-order valence-electron chi connectivity index (χ0n) is 15.1. The Morgan fingerprint density at radius 1 is 1.12 bits per heavy atom. The third-order valence-electron chi connectivity index (χ3n) is 4.56. The van der Waals surface area contributed by atoms with Gasteiger partial charge in [-0.3, -0.25) is 4.90 Å².